The van der Waals surface area contributed by atoms with Crippen molar-refractivity contribution < 1.29 is 14.0 Å². The van der Waals surface area contributed by atoms with Gasteiger partial charge in [0.25, 0.3) is 0 Å². The third kappa shape index (κ3) is 3.72. The minimum Gasteiger partial charge on any atom is -0.446 e. The molecule has 1 aromatic heterocycles. The number of hydrogen-bond acceptors (Lipinski definition) is 4. The number of nitrogens with one attached hydrogen (secondary N) is 1. The van der Waals surface area contributed by atoms with Crippen molar-refractivity contribution in [3.63, 3.8) is 0 Å². The lowest BCUT2D eigenvalue weighted by Crippen LogP contribution is -2.05. The second kappa shape index (κ2) is 5.75. The summed E-state index contributed by atoms with van der Waals surface area (Å²) in [6.07, 6.45) is 0. The molecule has 0 atom stereocenters. The first-order valence-electron chi connectivity index (χ1n) is 5.71. The third-order valence-corrected chi connectivity index (χ3v) is 3.25. The van der Waals surface area contributed by atoms with Gasteiger partial charge in [0.15, 0.2) is 16.6 Å². The number of ketones is 1. The molecule has 0 bridgehead atoms. The summed E-state index contributed by atoms with van der Waals surface area (Å²) in [6, 6.07) is 10.8. The van der Waals surface area contributed by atoms with E-state index in [0.717, 1.165) is 10.6 Å². The molecule has 0 fully saturated rings. The Morgan fingerprint density at radius 3 is 2.26 bits per heavy atom. The zero-order valence-corrected chi connectivity index (χ0v) is 11.4. The van der Waals surface area contributed by atoms with Gasteiger partial charge >= 0.3 is 0 Å². The maximum atomic E-state index is 11.1. The van der Waals surface area contributed by atoms with Gasteiger partial charge in [0, 0.05) is 24.4 Å². The van der Waals surface area contributed by atoms with Gasteiger partial charge in [-0.3, -0.25) is 9.59 Å². The van der Waals surface area contributed by atoms with E-state index in [9.17, 15) is 9.59 Å². The zero-order valence-electron chi connectivity index (χ0n) is 10.6. The van der Waals surface area contributed by atoms with Crippen LogP contribution in [0.4, 0.5) is 5.69 Å². The van der Waals surface area contributed by atoms with Crippen LogP contribution < -0.4 is 5.32 Å². The summed E-state index contributed by atoms with van der Waals surface area (Å²) in [7, 11) is 0. The van der Waals surface area contributed by atoms with Crippen LogP contribution >= 0.6 is 11.8 Å². The van der Waals surface area contributed by atoms with E-state index in [1.54, 1.807) is 12.1 Å². The summed E-state index contributed by atoms with van der Waals surface area (Å²) in [5, 5.41) is 3.36. The SMILES string of the molecule is CC(=O)Nc1ccc(Sc2ccc(C(C)=O)o2)cc1. The number of carbonyl (C=O) groups is 2. The van der Waals surface area contributed by atoms with E-state index in [1.807, 2.05) is 24.3 Å². The highest BCUT2D eigenvalue weighted by Gasteiger charge is 2.07. The molecule has 0 saturated carbocycles. The fraction of sp³-hybridized carbons (Fsp3) is 0.143. The monoisotopic (exact) mass is 275 g/mol. The van der Waals surface area contributed by atoms with Crippen molar-refractivity contribution in [2.24, 2.45) is 0 Å². The first-order valence-corrected chi connectivity index (χ1v) is 6.52. The van der Waals surface area contributed by atoms with E-state index in [2.05, 4.69) is 5.32 Å². The molecular formula is C14H13NO3S. The van der Waals surface area contributed by atoms with Gasteiger partial charge in [-0.25, -0.2) is 0 Å². The smallest absolute Gasteiger partial charge is 0.221 e. The Hall–Kier alpha value is -2.01. The Balaban J connectivity index is 2.06. The summed E-state index contributed by atoms with van der Waals surface area (Å²) in [5.74, 6) is 0.169. The van der Waals surface area contributed by atoms with Crippen LogP contribution in [0.5, 0.6) is 0 Å². The largest absolute Gasteiger partial charge is 0.446 e. The first kappa shape index (κ1) is 13.4. The fourth-order valence-electron chi connectivity index (χ4n) is 1.49. The molecule has 2 rings (SSSR count). The van der Waals surface area contributed by atoms with Gasteiger partial charge in [-0.15, -0.1) is 0 Å². The van der Waals surface area contributed by atoms with E-state index >= 15 is 0 Å². The number of furan rings is 1. The minimum atomic E-state index is -0.0995. The Morgan fingerprint density at radius 1 is 1.05 bits per heavy atom. The van der Waals surface area contributed by atoms with Crippen molar-refractivity contribution in [2.75, 3.05) is 5.32 Å². The highest BCUT2D eigenvalue weighted by Crippen LogP contribution is 2.30. The second-order valence-corrected chi connectivity index (χ2v) is 5.06. The summed E-state index contributed by atoms with van der Waals surface area (Å²) in [6.45, 7) is 2.93. The molecule has 1 amide bonds. The number of benzene rings is 1. The average molecular weight is 275 g/mol. The van der Waals surface area contributed by atoms with Crippen molar-refractivity contribution in [3.8, 4) is 0 Å². The summed E-state index contributed by atoms with van der Waals surface area (Å²) in [4.78, 5) is 23.0. The number of rotatable bonds is 4. The third-order valence-electron chi connectivity index (χ3n) is 2.32. The fourth-order valence-corrected chi connectivity index (χ4v) is 2.26. The quantitative estimate of drug-likeness (QED) is 0.866. The topological polar surface area (TPSA) is 59.3 Å². The highest BCUT2D eigenvalue weighted by molar-refractivity contribution is 7.99. The molecule has 0 spiro atoms. The number of anilines is 1. The van der Waals surface area contributed by atoms with Gasteiger partial charge in [0.1, 0.15) is 0 Å². The molecular weight excluding hydrogens is 262 g/mol. The predicted molar refractivity (Wildman–Crippen MR) is 73.6 cm³/mol. The van der Waals surface area contributed by atoms with Crippen LogP contribution in [-0.4, -0.2) is 11.7 Å². The van der Waals surface area contributed by atoms with E-state index in [1.165, 1.54) is 25.6 Å². The molecule has 1 heterocycles. The Kier molecular flexibility index (Phi) is 4.06. The van der Waals surface area contributed by atoms with E-state index < -0.39 is 0 Å². The normalized spacial score (nSPS) is 10.2. The lowest BCUT2D eigenvalue weighted by molar-refractivity contribution is -0.114. The molecule has 0 saturated heterocycles. The van der Waals surface area contributed by atoms with Crippen molar-refractivity contribution >= 4 is 29.1 Å². The van der Waals surface area contributed by atoms with Crippen LogP contribution in [0.1, 0.15) is 24.4 Å². The van der Waals surface area contributed by atoms with Gasteiger partial charge in [0.2, 0.25) is 5.91 Å². The number of carbonyl (C=O) groups excluding carboxylic acids is 2. The van der Waals surface area contributed by atoms with Gasteiger partial charge in [0.05, 0.1) is 0 Å². The number of hydrogen-bond donors (Lipinski definition) is 1. The summed E-state index contributed by atoms with van der Waals surface area (Å²) >= 11 is 1.42. The summed E-state index contributed by atoms with van der Waals surface area (Å²) in [5.41, 5.74) is 0.751. The van der Waals surface area contributed by atoms with E-state index in [0.29, 0.717) is 10.9 Å². The molecule has 0 unspecified atom stereocenters. The Morgan fingerprint density at radius 2 is 1.74 bits per heavy atom. The standard InChI is InChI=1S/C14H13NO3S/c1-9(16)13-7-8-14(18-13)19-12-5-3-11(4-6-12)15-10(2)17/h3-8H,1-2H3,(H,15,17). The molecule has 0 aliphatic carbocycles. The van der Waals surface area contributed by atoms with E-state index in [4.69, 9.17) is 4.42 Å². The predicted octanol–water partition coefficient (Wildman–Crippen LogP) is 3.59. The molecule has 19 heavy (non-hydrogen) atoms. The molecule has 0 radical (unpaired) electrons. The van der Waals surface area contributed by atoms with Gasteiger partial charge in [-0.05, 0) is 36.4 Å². The maximum absolute atomic E-state index is 11.1. The highest BCUT2D eigenvalue weighted by atomic mass is 32.2. The van der Waals surface area contributed by atoms with Crippen molar-refractivity contribution in [1.82, 2.24) is 0 Å². The van der Waals surface area contributed by atoms with Crippen LogP contribution in [0.25, 0.3) is 0 Å². The lowest BCUT2D eigenvalue weighted by atomic mass is 10.3. The van der Waals surface area contributed by atoms with Crippen molar-refractivity contribution in [2.45, 2.75) is 23.8 Å². The first-order chi connectivity index (χ1) is 9.04. The Bertz CT molecular complexity index is 601. The molecule has 5 heteroatoms. The van der Waals surface area contributed by atoms with Crippen molar-refractivity contribution in [1.29, 1.82) is 0 Å². The van der Waals surface area contributed by atoms with Crippen LogP contribution in [0.2, 0.25) is 0 Å². The van der Waals surface area contributed by atoms with Crippen LogP contribution in [-0.2, 0) is 4.79 Å². The molecule has 4 nitrogen and oxygen atoms in total. The van der Waals surface area contributed by atoms with E-state index in [-0.39, 0.29) is 11.7 Å². The maximum Gasteiger partial charge on any atom is 0.221 e. The average Bonchev–Trinajstić information content (AvgIpc) is 2.80. The van der Waals surface area contributed by atoms with Gasteiger partial charge < -0.3 is 9.73 Å². The Labute approximate surface area is 115 Å². The molecule has 98 valence electrons. The molecule has 1 aromatic carbocycles. The van der Waals surface area contributed by atoms with Crippen LogP contribution in [0.3, 0.4) is 0 Å². The van der Waals surface area contributed by atoms with Crippen LogP contribution in [0, 0.1) is 0 Å². The molecule has 0 aliphatic rings. The van der Waals surface area contributed by atoms with Gasteiger partial charge in [-0.2, -0.15) is 0 Å². The zero-order chi connectivity index (χ0) is 13.8. The molecule has 1 N–H and O–H groups in total. The lowest BCUT2D eigenvalue weighted by Gasteiger charge is -2.03. The molecule has 2 aromatic rings. The van der Waals surface area contributed by atoms with Crippen LogP contribution in [0.15, 0.2) is 50.8 Å². The minimum absolute atomic E-state index is 0.0899. The second-order valence-electron chi connectivity index (χ2n) is 3.98. The number of Topliss-reactive ketones (excluding diaryl/α,β-unsaturated/α-hetero) is 1. The number of amides is 1. The van der Waals surface area contributed by atoms with Crippen molar-refractivity contribution in [3.05, 3.63) is 42.2 Å². The molecule has 0 aliphatic heterocycles. The van der Waals surface area contributed by atoms with Gasteiger partial charge in [-0.1, -0.05) is 11.8 Å². The summed E-state index contributed by atoms with van der Waals surface area (Å²) < 4.78 is 5.39.